The Morgan fingerprint density at radius 1 is 1.10 bits per heavy atom. The van der Waals surface area contributed by atoms with Gasteiger partial charge in [-0.2, -0.15) is 18.2 Å². The van der Waals surface area contributed by atoms with Gasteiger partial charge in [0.2, 0.25) is 5.95 Å². The number of nitrogens with zero attached hydrogens (tertiary/aromatic N) is 3. The summed E-state index contributed by atoms with van der Waals surface area (Å²) in [6, 6.07) is 9.81. The second-order valence-corrected chi connectivity index (χ2v) is 6.12. The molecule has 0 unspecified atom stereocenters. The van der Waals surface area contributed by atoms with Crippen LogP contribution < -0.4 is 10.6 Å². The second kappa shape index (κ2) is 8.31. The molecule has 2 heterocycles. The smallest absolute Gasteiger partial charge is 0.418 e. The van der Waals surface area contributed by atoms with Crippen molar-refractivity contribution in [3.8, 4) is 11.4 Å². The van der Waals surface area contributed by atoms with Crippen molar-refractivity contribution in [3.63, 3.8) is 0 Å². The summed E-state index contributed by atoms with van der Waals surface area (Å²) in [4.78, 5) is 23.2. The maximum absolute atomic E-state index is 13.3. The molecule has 0 aliphatic carbocycles. The summed E-state index contributed by atoms with van der Waals surface area (Å²) in [6.07, 6.45) is -3.13. The van der Waals surface area contributed by atoms with Gasteiger partial charge in [-0.05, 0) is 24.3 Å². The van der Waals surface area contributed by atoms with Gasteiger partial charge in [0.15, 0.2) is 0 Å². The molecule has 0 saturated heterocycles. The van der Waals surface area contributed by atoms with E-state index in [0.717, 1.165) is 6.07 Å². The number of carboxylic acid groups (broad SMARTS) is 1. The Labute approximate surface area is 167 Å². The van der Waals surface area contributed by atoms with Gasteiger partial charge in [0.05, 0.1) is 27.7 Å². The molecule has 0 saturated carbocycles. The third-order valence-corrected chi connectivity index (χ3v) is 3.94. The fraction of sp³-hybridized carbons (Fsp3) is 0.111. The summed E-state index contributed by atoms with van der Waals surface area (Å²) in [7, 11) is 0. The minimum absolute atomic E-state index is 0.0212. The topological polar surface area (TPSA) is 100 Å². The van der Waals surface area contributed by atoms with Crippen LogP contribution in [0.2, 0.25) is 5.02 Å². The molecule has 11 heteroatoms. The van der Waals surface area contributed by atoms with Crippen LogP contribution in [0.5, 0.6) is 0 Å². The third kappa shape index (κ3) is 5.11. The molecule has 1 aromatic carbocycles. The molecule has 29 heavy (non-hydrogen) atoms. The van der Waals surface area contributed by atoms with E-state index in [1.54, 1.807) is 18.2 Å². The van der Waals surface area contributed by atoms with E-state index in [1.807, 2.05) is 0 Å². The number of hydrogen-bond acceptors (Lipinski definition) is 6. The van der Waals surface area contributed by atoms with Crippen LogP contribution in [-0.2, 0) is 11.0 Å². The lowest BCUT2D eigenvalue weighted by atomic mass is 10.1. The number of benzene rings is 1. The number of rotatable bonds is 6. The Kier molecular flexibility index (Phi) is 5.83. The number of halogens is 4. The van der Waals surface area contributed by atoms with Gasteiger partial charge in [-0.15, -0.1) is 0 Å². The van der Waals surface area contributed by atoms with Crippen molar-refractivity contribution in [2.24, 2.45) is 0 Å². The first-order chi connectivity index (χ1) is 13.7. The van der Waals surface area contributed by atoms with E-state index in [4.69, 9.17) is 16.7 Å². The minimum atomic E-state index is -4.64. The van der Waals surface area contributed by atoms with Crippen molar-refractivity contribution in [2.45, 2.75) is 6.18 Å². The van der Waals surface area contributed by atoms with Crippen molar-refractivity contribution in [1.82, 2.24) is 15.0 Å². The van der Waals surface area contributed by atoms with Crippen LogP contribution in [0.3, 0.4) is 0 Å². The van der Waals surface area contributed by atoms with Gasteiger partial charge in [-0.25, -0.2) is 4.98 Å². The molecule has 3 aromatic rings. The quantitative estimate of drug-likeness (QED) is 0.538. The zero-order chi connectivity index (χ0) is 21.0. The van der Waals surface area contributed by atoms with E-state index in [0.29, 0.717) is 5.69 Å². The highest BCUT2D eigenvalue weighted by molar-refractivity contribution is 6.33. The lowest BCUT2D eigenvalue weighted by molar-refractivity contribution is -0.137. The van der Waals surface area contributed by atoms with Crippen LogP contribution in [0, 0.1) is 0 Å². The van der Waals surface area contributed by atoms with E-state index in [2.05, 4.69) is 25.6 Å². The van der Waals surface area contributed by atoms with Crippen LogP contribution in [-0.4, -0.2) is 32.6 Å². The monoisotopic (exact) mass is 423 g/mol. The van der Waals surface area contributed by atoms with Gasteiger partial charge >= 0.3 is 12.1 Å². The number of hydrogen-bond donors (Lipinski definition) is 3. The number of pyridine rings is 1. The molecule has 150 valence electrons. The van der Waals surface area contributed by atoms with E-state index >= 15 is 0 Å². The van der Waals surface area contributed by atoms with Crippen LogP contribution in [0.1, 0.15) is 5.56 Å². The Bertz CT molecular complexity index is 1030. The van der Waals surface area contributed by atoms with Gasteiger partial charge in [0, 0.05) is 12.3 Å². The highest BCUT2D eigenvalue weighted by Crippen LogP contribution is 2.39. The lowest BCUT2D eigenvalue weighted by Crippen LogP contribution is -2.15. The first-order valence-corrected chi connectivity index (χ1v) is 8.51. The molecular formula is C18H13ClF3N5O2. The minimum Gasteiger partial charge on any atom is -0.480 e. The Morgan fingerprint density at radius 3 is 2.55 bits per heavy atom. The number of carbonyl (C=O) groups is 1. The van der Waals surface area contributed by atoms with Crippen LogP contribution >= 0.6 is 11.6 Å². The molecule has 3 N–H and O–H groups in total. The van der Waals surface area contributed by atoms with Crippen molar-refractivity contribution < 1.29 is 23.1 Å². The molecule has 3 rings (SSSR count). The summed E-state index contributed by atoms with van der Waals surface area (Å²) in [5, 5.41) is 13.7. The number of anilines is 3. The van der Waals surface area contributed by atoms with Gasteiger partial charge < -0.3 is 15.7 Å². The van der Waals surface area contributed by atoms with E-state index in [9.17, 15) is 18.0 Å². The fourth-order valence-electron chi connectivity index (χ4n) is 2.41. The lowest BCUT2D eigenvalue weighted by Gasteiger charge is -2.16. The highest BCUT2D eigenvalue weighted by Gasteiger charge is 2.34. The molecule has 0 aliphatic heterocycles. The van der Waals surface area contributed by atoms with Crippen molar-refractivity contribution in [2.75, 3.05) is 17.2 Å². The Balaban J connectivity index is 2.05. The fourth-order valence-corrected chi connectivity index (χ4v) is 2.63. The average molecular weight is 424 g/mol. The number of para-hydroxylation sites is 1. The molecule has 0 amide bonds. The summed E-state index contributed by atoms with van der Waals surface area (Å²) in [6.45, 7) is -0.481. The molecule has 0 aliphatic rings. The molecule has 0 bridgehead atoms. The molecule has 0 radical (unpaired) electrons. The average Bonchev–Trinajstić information content (AvgIpc) is 2.67. The number of carboxylic acids is 1. The van der Waals surface area contributed by atoms with Gasteiger partial charge in [0.25, 0.3) is 0 Å². The van der Waals surface area contributed by atoms with Gasteiger partial charge in [-0.3, -0.25) is 9.78 Å². The molecule has 0 spiro atoms. The predicted molar refractivity (Wildman–Crippen MR) is 101 cm³/mol. The van der Waals surface area contributed by atoms with Crippen LogP contribution in [0.25, 0.3) is 11.4 Å². The SMILES string of the molecule is O=C(O)CNc1nc(Nc2c(Cl)cccc2C(F)(F)F)cc(-c2ccccn2)n1. The van der Waals surface area contributed by atoms with E-state index in [-0.39, 0.29) is 28.2 Å². The van der Waals surface area contributed by atoms with E-state index < -0.39 is 24.3 Å². The summed E-state index contributed by atoms with van der Waals surface area (Å²) < 4.78 is 40.0. The van der Waals surface area contributed by atoms with Crippen molar-refractivity contribution in [3.05, 3.63) is 59.2 Å². The Hall–Kier alpha value is -3.40. The van der Waals surface area contributed by atoms with E-state index in [1.165, 1.54) is 24.4 Å². The zero-order valence-corrected chi connectivity index (χ0v) is 15.3. The summed E-state index contributed by atoms with van der Waals surface area (Å²) in [5.74, 6) is -1.28. The third-order valence-electron chi connectivity index (χ3n) is 3.62. The number of nitrogens with one attached hydrogen (secondary N) is 2. The predicted octanol–water partition coefficient (Wildman–Crippen LogP) is 4.45. The first kappa shape index (κ1) is 20.3. The summed E-state index contributed by atoms with van der Waals surface area (Å²) in [5.41, 5.74) is -0.650. The largest absolute Gasteiger partial charge is 0.480 e. The Morgan fingerprint density at radius 2 is 1.90 bits per heavy atom. The first-order valence-electron chi connectivity index (χ1n) is 8.13. The highest BCUT2D eigenvalue weighted by atomic mass is 35.5. The maximum atomic E-state index is 13.3. The van der Waals surface area contributed by atoms with Crippen molar-refractivity contribution >= 4 is 35.0 Å². The zero-order valence-electron chi connectivity index (χ0n) is 14.5. The number of alkyl halides is 3. The van der Waals surface area contributed by atoms with Crippen molar-refractivity contribution in [1.29, 1.82) is 0 Å². The molecular weight excluding hydrogens is 411 g/mol. The standard InChI is InChI=1S/C18H13ClF3N5O2/c19-11-5-3-4-10(18(20,21)22)16(11)26-14-8-13(12-6-1-2-7-23-12)25-17(27-14)24-9-15(28)29/h1-8H,9H2,(H,28,29)(H2,24,25,26,27). The summed E-state index contributed by atoms with van der Waals surface area (Å²) >= 11 is 5.97. The second-order valence-electron chi connectivity index (χ2n) is 5.71. The number of aliphatic carboxylic acids is 1. The maximum Gasteiger partial charge on any atom is 0.418 e. The molecule has 0 atom stereocenters. The molecule has 2 aromatic heterocycles. The number of aromatic nitrogens is 3. The van der Waals surface area contributed by atoms with Crippen LogP contribution in [0.15, 0.2) is 48.7 Å². The normalized spacial score (nSPS) is 11.2. The van der Waals surface area contributed by atoms with Gasteiger partial charge in [0.1, 0.15) is 12.4 Å². The molecule has 0 fully saturated rings. The molecule has 7 nitrogen and oxygen atoms in total. The van der Waals surface area contributed by atoms with Crippen LogP contribution in [0.4, 0.5) is 30.6 Å². The van der Waals surface area contributed by atoms with Gasteiger partial charge in [-0.1, -0.05) is 23.7 Å².